The Morgan fingerprint density at radius 1 is 1.40 bits per heavy atom. The lowest BCUT2D eigenvalue weighted by atomic mass is 9.94. The zero-order valence-electron chi connectivity index (χ0n) is 13.1. The normalized spacial score (nSPS) is 18.9. The van der Waals surface area contributed by atoms with Crippen LogP contribution in [0.4, 0.5) is 0 Å². The Labute approximate surface area is 122 Å². The molecule has 0 bridgehead atoms. The number of nitrogens with zero attached hydrogens (tertiary/aromatic N) is 1. The molecule has 2 amide bonds. The molecule has 20 heavy (non-hydrogen) atoms. The van der Waals surface area contributed by atoms with Crippen molar-refractivity contribution in [2.45, 2.75) is 39.5 Å². The number of carbonyl (C=O) groups is 2. The molecular formula is C15H29N3O2. The van der Waals surface area contributed by atoms with E-state index < -0.39 is 0 Å². The second-order valence-corrected chi connectivity index (χ2v) is 6.20. The van der Waals surface area contributed by atoms with E-state index in [1.807, 2.05) is 13.8 Å². The van der Waals surface area contributed by atoms with Gasteiger partial charge in [0.25, 0.3) is 0 Å². The van der Waals surface area contributed by atoms with Gasteiger partial charge in [0, 0.05) is 20.0 Å². The highest BCUT2D eigenvalue weighted by Gasteiger charge is 2.17. The minimum absolute atomic E-state index is 0.0651. The first-order valence-electron chi connectivity index (χ1n) is 7.70. The lowest BCUT2D eigenvalue weighted by Gasteiger charge is -2.23. The summed E-state index contributed by atoms with van der Waals surface area (Å²) in [5.74, 6) is 1.03. The minimum Gasteiger partial charge on any atom is -0.354 e. The number of hydrogen-bond donors (Lipinski definition) is 2. The Morgan fingerprint density at radius 2 is 2.15 bits per heavy atom. The van der Waals surface area contributed by atoms with Crippen LogP contribution in [-0.2, 0) is 9.59 Å². The van der Waals surface area contributed by atoms with Crippen molar-refractivity contribution in [3.8, 4) is 0 Å². The van der Waals surface area contributed by atoms with Crippen LogP contribution in [0.3, 0.4) is 0 Å². The summed E-state index contributed by atoms with van der Waals surface area (Å²) in [6, 6.07) is 0. The van der Waals surface area contributed by atoms with E-state index >= 15 is 0 Å². The smallest absolute Gasteiger partial charge is 0.239 e. The summed E-state index contributed by atoms with van der Waals surface area (Å²) in [6.45, 7) is 7.04. The quantitative estimate of drug-likeness (QED) is 0.732. The van der Waals surface area contributed by atoms with Crippen molar-refractivity contribution in [2.24, 2.45) is 11.8 Å². The zero-order valence-corrected chi connectivity index (χ0v) is 13.1. The maximum atomic E-state index is 12.0. The topological polar surface area (TPSA) is 61.4 Å². The van der Waals surface area contributed by atoms with E-state index in [0.29, 0.717) is 24.8 Å². The van der Waals surface area contributed by atoms with Gasteiger partial charge in [-0.15, -0.1) is 0 Å². The fourth-order valence-corrected chi connectivity index (χ4v) is 2.37. The van der Waals surface area contributed by atoms with Crippen molar-refractivity contribution in [2.75, 3.05) is 33.2 Å². The first-order valence-corrected chi connectivity index (χ1v) is 7.70. The Balaban J connectivity index is 2.19. The molecule has 0 aromatic rings. The van der Waals surface area contributed by atoms with Crippen molar-refractivity contribution >= 4 is 11.8 Å². The number of hydrogen-bond acceptors (Lipinski definition) is 3. The molecule has 0 radical (unpaired) electrons. The Bertz CT molecular complexity index is 312. The van der Waals surface area contributed by atoms with Gasteiger partial charge in [0.2, 0.25) is 11.8 Å². The van der Waals surface area contributed by atoms with Crippen molar-refractivity contribution < 1.29 is 9.59 Å². The molecule has 2 N–H and O–H groups in total. The van der Waals surface area contributed by atoms with E-state index in [1.165, 1.54) is 17.7 Å². The fourth-order valence-electron chi connectivity index (χ4n) is 2.37. The molecule has 1 rings (SSSR count). The second kappa shape index (κ2) is 8.95. The average Bonchev–Trinajstić information content (AvgIpc) is 2.43. The highest BCUT2D eigenvalue weighted by Crippen LogP contribution is 2.16. The molecular weight excluding hydrogens is 254 g/mol. The van der Waals surface area contributed by atoms with Crippen LogP contribution >= 0.6 is 0 Å². The Morgan fingerprint density at radius 3 is 2.75 bits per heavy atom. The predicted octanol–water partition coefficient (Wildman–Crippen LogP) is 0.997. The molecule has 1 aliphatic rings. The van der Waals surface area contributed by atoms with Gasteiger partial charge >= 0.3 is 0 Å². The van der Waals surface area contributed by atoms with Gasteiger partial charge in [0.1, 0.15) is 0 Å². The number of carbonyl (C=O) groups excluding carboxylic acids is 2. The summed E-state index contributed by atoms with van der Waals surface area (Å²) < 4.78 is 0. The van der Waals surface area contributed by atoms with E-state index in [-0.39, 0.29) is 18.4 Å². The van der Waals surface area contributed by atoms with Crippen LogP contribution in [-0.4, -0.2) is 49.9 Å². The third-order valence-electron chi connectivity index (χ3n) is 3.68. The van der Waals surface area contributed by atoms with Crippen LogP contribution in [0.15, 0.2) is 0 Å². The van der Waals surface area contributed by atoms with Gasteiger partial charge in [0.05, 0.1) is 6.54 Å². The maximum Gasteiger partial charge on any atom is 0.239 e. The molecule has 5 nitrogen and oxygen atoms in total. The van der Waals surface area contributed by atoms with Gasteiger partial charge in [-0.05, 0) is 44.2 Å². The molecule has 1 unspecified atom stereocenters. The minimum atomic E-state index is -0.0751. The summed E-state index contributed by atoms with van der Waals surface area (Å²) in [5, 5.41) is 6.19. The molecule has 1 fully saturated rings. The van der Waals surface area contributed by atoms with E-state index in [2.05, 4.69) is 10.6 Å². The SMILES string of the molecule is CC(C)CNC(=O)CN(C)C(=O)CCC1CCCNC1. The number of nitrogens with one attached hydrogen (secondary N) is 2. The molecule has 0 saturated carbocycles. The second-order valence-electron chi connectivity index (χ2n) is 6.20. The van der Waals surface area contributed by atoms with Crippen molar-refractivity contribution in [1.82, 2.24) is 15.5 Å². The van der Waals surface area contributed by atoms with E-state index in [0.717, 1.165) is 19.5 Å². The van der Waals surface area contributed by atoms with Crippen LogP contribution in [0.2, 0.25) is 0 Å². The number of likely N-dealkylation sites (N-methyl/N-ethyl adjacent to an activating group) is 1. The molecule has 0 aromatic heterocycles. The van der Waals surface area contributed by atoms with Gasteiger partial charge in [0.15, 0.2) is 0 Å². The van der Waals surface area contributed by atoms with Gasteiger partial charge in [-0.1, -0.05) is 13.8 Å². The summed E-state index contributed by atoms with van der Waals surface area (Å²) in [5.41, 5.74) is 0. The summed E-state index contributed by atoms with van der Waals surface area (Å²) >= 11 is 0. The van der Waals surface area contributed by atoms with Gasteiger partial charge in [-0.25, -0.2) is 0 Å². The van der Waals surface area contributed by atoms with E-state index in [9.17, 15) is 9.59 Å². The van der Waals surface area contributed by atoms with E-state index in [1.54, 1.807) is 7.05 Å². The fraction of sp³-hybridized carbons (Fsp3) is 0.867. The lowest BCUT2D eigenvalue weighted by Crippen LogP contribution is -2.39. The van der Waals surface area contributed by atoms with E-state index in [4.69, 9.17) is 0 Å². The largest absolute Gasteiger partial charge is 0.354 e. The summed E-state index contributed by atoms with van der Waals surface area (Å²) in [6.07, 6.45) is 3.87. The van der Waals surface area contributed by atoms with Crippen molar-refractivity contribution in [1.29, 1.82) is 0 Å². The standard InChI is InChI=1S/C15H29N3O2/c1-12(2)9-17-14(19)11-18(3)15(20)7-6-13-5-4-8-16-10-13/h12-13,16H,4-11H2,1-3H3,(H,17,19). The van der Waals surface area contributed by atoms with Crippen LogP contribution in [0.1, 0.15) is 39.5 Å². The number of amides is 2. The zero-order chi connectivity index (χ0) is 15.0. The predicted molar refractivity (Wildman–Crippen MR) is 80.3 cm³/mol. The molecule has 116 valence electrons. The van der Waals surface area contributed by atoms with Gasteiger partial charge in [-0.3, -0.25) is 9.59 Å². The maximum absolute atomic E-state index is 12.0. The Kier molecular flexibility index (Phi) is 7.59. The monoisotopic (exact) mass is 283 g/mol. The third-order valence-corrected chi connectivity index (χ3v) is 3.68. The molecule has 1 heterocycles. The molecule has 1 saturated heterocycles. The molecule has 1 aliphatic heterocycles. The highest BCUT2D eigenvalue weighted by molar-refractivity contribution is 5.84. The first kappa shape index (κ1) is 17.0. The Hall–Kier alpha value is -1.10. The lowest BCUT2D eigenvalue weighted by molar-refractivity contribution is -0.135. The summed E-state index contributed by atoms with van der Waals surface area (Å²) in [4.78, 5) is 25.2. The number of rotatable bonds is 7. The summed E-state index contributed by atoms with van der Waals surface area (Å²) in [7, 11) is 1.70. The van der Waals surface area contributed by atoms with Gasteiger partial charge < -0.3 is 15.5 Å². The molecule has 0 aliphatic carbocycles. The van der Waals surface area contributed by atoms with Crippen LogP contribution in [0, 0.1) is 11.8 Å². The molecule has 0 aromatic carbocycles. The van der Waals surface area contributed by atoms with Crippen LogP contribution in [0.5, 0.6) is 0 Å². The average molecular weight is 283 g/mol. The molecule has 0 spiro atoms. The first-order chi connectivity index (χ1) is 9.49. The van der Waals surface area contributed by atoms with Crippen molar-refractivity contribution in [3.63, 3.8) is 0 Å². The van der Waals surface area contributed by atoms with Crippen LogP contribution < -0.4 is 10.6 Å². The van der Waals surface area contributed by atoms with Gasteiger partial charge in [-0.2, -0.15) is 0 Å². The molecule has 5 heteroatoms. The highest BCUT2D eigenvalue weighted by atomic mass is 16.2. The number of piperidine rings is 1. The van der Waals surface area contributed by atoms with Crippen molar-refractivity contribution in [3.05, 3.63) is 0 Å². The van der Waals surface area contributed by atoms with Crippen LogP contribution in [0.25, 0.3) is 0 Å². The third kappa shape index (κ3) is 6.89. The molecule has 1 atom stereocenters.